The van der Waals surface area contributed by atoms with Crippen LogP contribution in [0.25, 0.3) is 10.6 Å². The first-order valence-electron chi connectivity index (χ1n) is 7.48. The first-order valence-corrected chi connectivity index (χ1v) is 8.36. The van der Waals surface area contributed by atoms with E-state index in [1.807, 2.05) is 24.4 Å². The molecule has 0 aliphatic carbocycles. The highest BCUT2D eigenvalue weighted by Gasteiger charge is 2.11. The number of thiophene rings is 1. The number of ether oxygens (including phenoxy) is 1. The van der Waals surface area contributed by atoms with Gasteiger partial charge in [-0.1, -0.05) is 6.07 Å². The summed E-state index contributed by atoms with van der Waals surface area (Å²) < 4.78 is 5.27. The zero-order valence-electron chi connectivity index (χ0n) is 13.1. The molecule has 3 rings (SSSR count). The van der Waals surface area contributed by atoms with Crippen molar-refractivity contribution in [2.45, 2.75) is 13.5 Å². The van der Waals surface area contributed by atoms with Gasteiger partial charge in [-0.3, -0.25) is 14.8 Å². The Morgan fingerprint density at radius 2 is 2.08 bits per heavy atom. The van der Waals surface area contributed by atoms with Crippen LogP contribution >= 0.6 is 11.3 Å². The average molecular weight is 340 g/mol. The van der Waals surface area contributed by atoms with Gasteiger partial charge in [-0.25, -0.2) is 4.98 Å². The maximum atomic E-state index is 12.2. The number of carbonyl (C=O) groups is 1. The van der Waals surface area contributed by atoms with Crippen molar-refractivity contribution < 1.29 is 9.53 Å². The van der Waals surface area contributed by atoms with Gasteiger partial charge in [-0.2, -0.15) is 0 Å². The number of hydrogen-bond donors (Lipinski definition) is 1. The minimum absolute atomic E-state index is 0.215. The second-order valence-corrected chi connectivity index (χ2v) is 5.78. The van der Waals surface area contributed by atoms with Gasteiger partial charge in [0.25, 0.3) is 5.91 Å². The fraction of sp³-hybridized carbons (Fsp3) is 0.176. The van der Waals surface area contributed by atoms with Crippen LogP contribution in [0.1, 0.15) is 23.0 Å². The maximum Gasteiger partial charge on any atom is 0.253 e. The van der Waals surface area contributed by atoms with E-state index in [1.54, 1.807) is 35.9 Å². The standard InChI is InChI=1S/C17H16N4O2S/c1-2-23-15-6-5-12(10-20-15)17(22)21-11-13-16(19-8-7-18-13)14-4-3-9-24-14/h3-10H,2,11H2,1H3,(H,21,22). The molecule has 3 aromatic heterocycles. The van der Waals surface area contributed by atoms with Gasteiger partial charge in [-0.15, -0.1) is 11.3 Å². The molecule has 0 radical (unpaired) electrons. The Balaban J connectivity index is 1.69. The molecule has 7 heteroatoms. The minimum atomic E-state index is -0.215. The van der Waals surface area contributed by atoms with Crippen molar-refractivity contribution in [2.24, 2.45) is 0 Å². The number of carbonyl (C=O) groups excluding carboxylic acids is 1. The van der Waals surface area contributed by atoms with Gasteiger partial charge in [0.1, 0.15) is 5.69 Å². The number of rotatable bonds is 6. The van der Waals surface area contributed by atoms with E-state index in [-0.39, 0.29) is 5.91 Å². The monoisotopic (exact) mass is 340 g/mol. The van der Waals surface area contributed by atoms with Gasteiger partial charge in [0, 0.05) is 24.7 Å². The summed E-state index contributed by atoms with van der Waals surface area (Å²) in [5.74, 6) is 0.288. The van der Waals surface area contributed by atoms with Crippen molar-refractivity contribution in [3.63, 3.8) is 0 Å². The molecule has 0 aromatic carbocycles. The van der Waals surface area contributed by atoms with Crippen LogP contribution in [-0.4, -0.2) is 27.5 Å². The lowest BCUT2D eigenvalue weighted by Crippen LogP contribution is -2.24. The van der Waals surface area contributed by atoms with Crippen molar-refractivity contribution >= 4 is 17.2 Å². The third kappa shape index (κ3) is 3.75. The summed E-state index contributed by atoms with van der Waals surface area (Å²) in [6.07, 6.45) is 4.77. The molecule has 1 amide bonds. The molecular formula is C17H16N4O2S. The van der Waals surface area contributed by atoms with E-state index in [4.69, 9.17) is 4.74 Å². The number of hydrogen-bond acceptors (Lipinski definition) is 6. The lowest BCUT2D eigenvalue weighted by Gasteiger charge is -2.08. The lowest BCUT2D eigenvalue weighted by molar-refractivity contribution is 0.0950. The second kappa shape index (κ2) is 7.65. The highest BCUT2D eigenvalue weighted by molar-refractivity contribution is 7.13. The Bertz CT molecular complexity index is 804. The molecule has 0 saturated carbocycles. The molecule has 0 aliphatic rings. The molecule has 0 unspecified atom stereocenters. The number of pyridine rings is 1. The van der Waals surface area contributed by atoms with Gasteiger partial charge in [0.15, 0.2) is 0 Å². The molecule has 0 fully saturated rings. The minimum Gasteiger partial charge on any atom is -0.478 e. The summed E-state index contributed by atoms with van der Waals surface area (Å²) in [4.78, 5) is 26.1. The Morgan fingerprint density at radius 1 is 1.21 bits per heavy atom. The van der Waals surface area contributed by atoms with Crippen LogP contribution in [0.5, 0.6) is 5.88 Å². The van der Waals surface area contributed by atoms with Crippen LogP contribution < -0.4 is 10.1 Å². The predicted octanol–water partition coefficient (Wildman–Crippen LogP) is 2.93. The van der Waals surface area contributed by atoms with Gasteiger partial charge >= 0.3 is 0 Å². The Morgan fingerprint density at radius 3 is 2.79 bits per heavy atom. The van der Waals surface area contributed by atoms with Crippen LogP contribution in [0.3, 0.4) is 0 Å². The van der Waals surface area contributed by atoms with Crippen molar-refractivity contribution in [1.29, 1.82) is 0 Å². The van der Waals surface area contributed by atoms with Crippen LogP contribution in [0.2, 0.25) is 0 Å². The molecule has 0 saturated heterocycles. The van der Waals surface area contributed by atoms with Crippen molar-refractivity contribution in [3.05, 3.63) is 59.5 Å². The number of nitrogens with zero attached hydrogens (tertiary/aromatic N) is 3. The van der Waals surface area contributed by atoms with Crippen LogP contribution in [-0.2, 0) is 6.54 Å². The molecule has 0 aliphatic heterocycles. The van der Waals surface area contributed by atoms with Crippen molar-refractivity contribution in [1.82, 2.24) is 20.3 Å². The van der Waals surface area contributed by atoms with Gasteiger partial charge in [-0.05, 0) is 24.4 Å². The van der Waals surface area contributed by atoms with Crippen LogP contribution in [0, 0.1) is 0 Å². The number of aromatic nitrogens is 3. The highest BCUT2D eigenvalue weighted by Crippen LogP contribution is 2.24. The second-order valence-electron chi connectivity index (χ2n) is 4.83. The molecule has 3 heterocycles. The molecule has 3 aromatic rings. The summed E-state index contributed by atoms with van der Waals surface area (Å²) in [5.41, 5.74) is 1.99. The average Bonchev–Trinajstić information content (AvgIpc) is 3.15. The molecule has 0 spiro atoms. The van der Waals surface area contributed by atoms with E-state index in [0.717, 1.165) is 16.3 Å². The topological polar surface area (TPSA) is 77.0 Å². The third-order valence-corrected chi connectivity index (χ3v) is 4.11. The Hall–Kier alpha value is -2.80. The zero-order valence-corrected chi connectivity index (χ0v) is 13.9. The molecule has 122 valence electrons. The smallest absolute Gasteiger partial charge is 0.253 e. The first kappa shape index (κ1) is 16.1. The van der Waals surface area contributed by atoms with Crippen LogP contribution in [0.15, 0.2) is 48.2 Å². The van der Waals surface area contributed by atoms with Gasteiger partial charge in [0.2, 0.25) is 5.88 Å². The van der Waals surface area contributed by atoms with Crippen LogP contribution in [0.4, 0.5) is 0 Å². The van der Waals surface area contributed by atoms with E-state index >= 15 is 0 Å². The number of nitrogens with one attached hydrogen (secondary N) is 1. The molecular weight excluding hydrogens is 324 g/mol. The Kier molecular flexibility index (Phi) is 5.12. The quantitative estimate of drug-likeness (QED) is 0.746. The van der Waals surface area contributed by atoms with E-state index in [9.17, 15) is 4.79 Å². The van der Waals surface area contributed by atoms with Gasteiger partial charge < -0.3 is 10.1 Å². The Labute approximate surface area is 143 Å². The molecule has 6 nitrogen and oxygen atoms in total. The summed E-state index contributed by atoms with van der Waals surface area (Å²) in [5, 5.41) is 4.84. The lowest BCUT2D eigenvalue weighted by atomic mass is 10.2. The first-order chi connectivity index (χ1) is 11.8. The number of amides is 1. The predicted molar refractivity (Wildman–Crippen MR) is 91.9 cm³/mol. The summed E-state index contributed by atoms with van der Waals surface area (Å²) >= 11 is 1.59. The van der Waals surface area contributed by atoms with Crippen molar-refractivity contribution in [3.8, 4) is 16.5 Å². The summed E-state index contributed by atoms with van der Waals surface area (Å²) in [6, 6.07) is 7.31. The molecule has 1 N–H and O–H groups in total. The van der Waals surface area contributed by atoms with E-state index in [0.29, 0.717) is 24.6 Å². The molecule has 0 atom stereocenters. The summed E-state index contributed by atoms with van der Waals surface area (Å²) in [7, 11) is 0. The normalized spacial score (nSPS) is 10.4. The van der Waals surface area contributed by atoms with E-state index in [1.165, 1.54) is 6.20 Å². The van der Waals surface area contributed by atoms with E-state index in [2.05, 4.69) is 20.3 Å². The fourth-order valence-electron chi connectivity index (χ4n) is 2.13. The molecule has 0 bridgehead atoms. The van der Waals surface area contributed by atoms with Gasteiger partial charge in [0.05, 0.1) is 29.3 Å². The van der Waals surface area contributed by atoms with Crippen molar-refractivity contribution in [2.75, 3.05) is 6.61 Å². The largest absolute Gasteiger partial charge is 0.478 e. The van der Waals surface area contributed by atoms with E-state index < -0.39 is 0 Å². The highest BCUT2D eigenvalue weighted by atomic mass is 32.1. The molecule has 24 heavy (non-hydrogen) atoms. The SMILES string of the molecule is CCOc1ccc(C(=O)NCc2nccnc2-c2cccs2)cn1. The fourth-order valence-corrected chi connectivity index (χ4v) is 2.87. The summed E-state index contributed by atoms with van der Waals surface area (Å²) in [6.45, 7) is 2.72. The third-order valence-electron chi connectivity index (χ3n) is 3.24. The maximum absolute atomic E-state index is 12.2. The zero-order chi connectivity index (χ0) is 16.8.